The number of carboxylic acids is 4. The number of carboxylic acid groups (broad SMARTS) is 4. The lowest BCUT2D eigenvalue weighted by atomic mass is 10.0. The van der Waals surface area contributed by atoms with Gasteiger partial charge in [0, 0.05) is 13.1 Å². The number of nitrogens with zero attached hydrogens (tertiary/aromatic N) is 2. The minimum absolute atomic E-state index is 0.0703. The Bertz CT molecular complexity index is 507. The summed E-state index contributed by atoms with van der Waals surface area (Å²) >= 11 is 0. The fourth-order valence-electron chi connectivity index (χ4n) is 2.15. The highest BCUT2D eigenvalue weighted by atomic mass is 16.4. The molecule has 0 aliphatic heterocycles. The fraction of sp³-hybridized carbons (Fsp3) is 0.750. The molecule has 0 fully saturated rings. The van der Waals surface area contributed by atoms with Crippen LogP contribution in [0.4, 0.5) is 0 Å². The molecule has 10 N–H and O–H groups in total. The van der Waals surface area contributed by atoms with Gasteiger partial charge in [0.2, 0.25) is 0 Å². The van der Waals surface area contributed by atoms with E-state index < -0.39 is 87.7 Å². The van der Waals surface area contributed by atoms with Crippen LogP contribution in [0.3, 0.4) is 0 Å². The van der Waals surface area contributed by atoms with E-state index in [0.29, 0.717) is 0 Å². The Balaban J connectivity index is 0. The van der Waals surface area contributed by atoms with E-state index in [2.05, 4.69) is 0 Å². The van der Waals surface area contributed by atoms with Crippen molar-refractivity contribution in [3.63, 3.8) is 0 Å². The first-order chi connectivity index (χ1) is 14.7. The third kappa shape index (κ3) is 16.3. The van der Waals surface area contributed by atoms with Crippen molar-refractivity contribution in [3.8, 4) is 0 Å². The molecule has 0 saturated carbocycles. The molecule has 0 aliphatic carbocycles. The molecule has 0 bridgehead atoms. The predicted molar refractivity (Wildman–Crippen MR) is 102 cm³/mol. The van der Waals surface area contributed by atoms with Crippen LogP contribution in [0.5, 0.6) is 0 Å². The van der Waals surface area contributed by atoms with Crippen molar-refractivity contribution in [3.05, 3.63) is 0 Å². The van der Waals surface area contributed by atoms with Crippen molar-refractivity contribution in [2.75, 3.05) is 52.5 Å². The van der Waals surface area contributed by atoms with Gasteiger partial charge in [0.25, 0.3) is 0 Å². The maximum absolute atomic E-state index is 10.6. The van der Waals surface area contributed by atoms with Gasteiger partial charge >= 0.3 is 23.9 Å². The molecule has 0 aliphatic rings. The molecule has 0 aromatic carbocycles. The highest BCUT2D eigenvalue weighted by Crippen LogP contribution is 2.04. The topological polar surface area (TPSA) is 277 Å². The smallest absolute Gasteiger partial charge is 0.317 e. The van der Waals surface area contributed by atoms with E-state index in [1.54, 1.807) is 0 Å². The first-order valence-corrected chi connectivity index (χ1v) is 9.00. The Kier molecular flexibility index (Phi) is 17.0. The van der Waals surface area contributed by atoms with Gasteiger partial charge in [-0.2, -0.15) is 0 Å². The van der Waals surface area contributed by atoms with Crippen molar-refractivity contribution in [2.45, 2.75) is 24.4 Å². The molecule has 0 aromatic heterocycles. The van der Waals surface area contributed by atoms with Gasteiger partial charge in [-0.25, -0.2) is 0 Å². The second-order valence-corrected chi connectivity index (χ2v) is 6.48. The van der Waals surface area contributed by atoms with Crippen LogP contribution in [0.25, 0.3) is 0 Å². The lowest BCUT2D eigenvalue weighted by Gasteiger charge is -2.24. The summed E-state index contributed by atoms with van der Waals surface area (Å²) in [5.74, 6) is -4.91. The molecule has 0 rings (SSSR count). The fourth-order valence-corrected chi connectivity index (χ4v) is 2.15. The van der Waals surface area contributed by atoms with Gasteiger partial charge in [-0.05, 0) is 0 Å². The number of aliphatic hydroxyl groups is 6. The first-order valence-electron chi connectivity index (χ1n) is 9.00. The zero-order valence-electron chi connectivity index (χ0n) is 17.0. The number of carbonyl (C=O) groups is 4. The molecule has 0 heterocycles. The summed E-state index contributed by atoms with van der Waals surface area (Å²) < 4.78 is 0. The molecular weight excluding hydrogens is 444 g/mol. The average molecular weight is 474 g/mol. The van der Waals surface area contributed by atoms with Gasteiger partial charge in [0.15, 0.2) is 0 Å². The highest BCUT2D eigenvalue weighted by molar-refractivity contribution is 5.73. The zero-order valence-corrected chi connectivity index (χ0v) is 17.0. The van der Waals surface area contributed by atoms with E-state index in [1.165, 1.54) is 0 Å². The van der Waals surface area contributed by atoms with E-state index >= 15 is 0 Å². The molecule has 0 aromatic rings. The van der Waals surface area contributed by atoms with Crippen molar-refractivity contribution < 1.29 is 70.2 Å². The average Bonchev–Trinajstić information content (AvgIpc) is 2.68. The molecule has 0 amide bonds. The second-order valence-electron chi connectivity index (χ2n) is 6.48. The van der Waals surface area contributed by atoms with Gasteiger partial charge < -0.3 is 51.1 Å². The Morgan fingerprint density at radius 2 is 0.750 bits per heavy atom. The summed E-state index contributed by atoms with van der Waals surface area (Å²) in [5, 5.41) is 86.6. The Morgan fingerprint density at radius 1 is 0.531 bits per heavy atom. The normalized spacial score (nSPS) is 14.8. The summed E-state index contributed by atoms with van der Waals surface area (Å²) in [4.78, 5) is 44.4. The van der Waals surface area contributed by atoms with Gasteiger partial charge in [0.05, 0.1) is 39.4 Å². The van der Waals surface area contributed by atoms with Crippen LogP contribution in [0.15, 0.2) is 0 Å². The van der Waals surface area contributed by atoms with Crippen LogP contribution in [0.2, 0.25) is 0 Å². The maximum atomic E-state index is 10.6. The highest BCUT2D eigenvalue weighted by Gasteiger charge is 2.29. The number of aliphatic carboxylic acids is 4. The van der Waals surface area contributed by atoms with Crippen LogP contribution in [0, 0.1) is 0 Å². The Labute approximate surface area is 181 Å². The first kappa shape index (κ1) is 31.7. The monoisotopic (exact) mass is 474 g/mol. The van der Waals surface area contributed by atoms with E-state index in [0.717, 1.165) is 9.80 Å². The maximum Gasteiger partial charge on any atom is 0.317 e. The molecule has 32 heavy (non-hydrogen) atoms. The van der Waals surface area contributed by atoms with E-state index in [4.69, 9.17) is 51.1 Å². The standard InChI is InChI=1S/C10H16N2O8.C6H14O6/c13-7(14)3-11(4-8(15)16)1-2-12(5-9(17)18)6-10(19)20;7-1-3(9)5(11)6(12)4(10)2-8/h1-6H2,(H,13,14)(H,15,16)(H,17,18)(H,19,20);3-12H,1-2H2/t;3-,4+,5-,6-/m.1/s1. The van der Waals surface area contributed by atoms with E-state index in [-0.39, 0.29) is 13.1 Å². The molecule has 0 radical (unpaired) electrons. The number of hydrogen-bond acceptors (Lipinski definition) is 12. The van der Waals surface area contributed by atoms with E-state index in [1.807, 2.05) is 0 Å². The van der Waals surface area contributed by atoms with Crippen LogP contribution in [-0.4, -0.2) is 162 Å². The molecule has 0 unspecified atom stereocenters. The van der Waals surface area contributed by atoms with Gasteiger partial charge in [-0.3, -0.25) is 29.0 Å². The summed E-state index contributed by atoms with van der Waals surface area (Å²) in [7, 11) is 0. The SMILES string of the molecule is O=C(O)CN(CCN(CC(=O)O)CC(=O)O)CC(=O)O.OC[C@@H](O)[C@@H](O)[C@H](O)[C@@H](O)CO. The molecule has 16 heteroatoms. The molecule has 0 spiro atoms. The van der Waals surface area contributed by atoms with Crippen LogP contribution >= 0.6 is 0 Å². The minimum Gasteiger partial charge on any atom is -0.480 e. The summed E-state index contributed by atoms with van der Waals surface area (Å²) in [5.41, 5.74) is 0. The minimum atomic E-state index is -1.67. The third-order valence-corrected chi connectivity index (χ3v) is 3.68. The van der Waals surface area contributed by atoms with Gasteiger partial charge in [-0.1, -0.05) is 0 Å². The largest absolute Gasteiger partial charge is 0.480 e. The van der Waals surface area contributed by atoms with Crippen LogP contribution in [-0.2, 0) is 19.2 Å². The van der Waals surface area contributed by atoms with Crippen LogP contribution in [0.1, 0.15) is 0 Å². The summed E-state index contributed by atoms with van der Waals surface area (Å²) in [6.45, 7) is -3.70. The molecule has 0 saturated heterocycles. The van der Waals surface area contributed by atoms with Crippen molar-refractivity contribution in [1.82, 2.24) is 9.80 Å². The lowest BCUT2D eigenvalue weighted by Crippen LogP contribution is -2.46. The predicted octanol–water partition coefficient (Wildman–Crippen LogP) is -5.66. The van der Waals surface area contributed by atoms with Crippen molar-refractivity contribution in [1.29, 1.82) is 0 Å². The Morgan fingerprint density at radius 3 is 0.906 bits per heavy atom. The summed E-state index contributed by atoms with van der Waals surface area (Å²) in [6.07, 6.45) is -6.39. The number of hydrogen-bond donors (Lipinski definition) is 10. The van der Waals surface area contributed by atoms with Crippen molar-refractivity contribution >= 4 is 23.9 Å². The van der Waals surface area contributed by atoms with E-state index in [9.17, 15) is 19.2 Å². The zero-order chi connectivity index (χ0) is 25.4. The second kappa shape index (κ2) is 17.2. The molecule has 16 nitrogen and oxygen atoms in total. The number of rotatable bonds is 16. The Hall–Kier alpha value is -2.44. The van der Waals surface area contributed by atoms with Gasteiger partial charge in [-0.15, -0.1) is 0 Å². The van der Waals surface area contributed by atoms with Gasteiger partial charge in [0.1, 0.15) is 24.4 Å². The number of aliphatic hydroxyl groups excluding tert-OH is 6. The van der Waals surface area contributed by atoms with Crippen LogP contribution < -0.4 is 0 Å². The quantitative estimate of drug-likeness (QED) is 0.0997. The molecule has 188 valence electrons. The third-order valence-electron chi connectivity index (χ3n) is 3.68. The lowest BCUT2D eigenvalue weighted by molar-refractivity contribution is -0.145. The molecule has 4 atom stereocenters. The summed E-state index contributed by atoms with van der Waals surface area (Å²) in [6, 6.07) is 0. The molecular formula is C16H30N2O14. The van der Waals surface area contributed by atoms with Crippen molar-refractivity contribution in [2.24, 2.45) is 0 Å².